The number of aromatic nitrogens is 4. The molecule has 3 rings (SSSR count). The van der Waals surface area contributed by atoms with Crippen molar-refractivity contribution in [3.8, 4) is 0 Å². The third-order valence-electron chi connectivity index (χ3n) is 3.12. The molecule has 1 unspecified atom stereocenters. The summed E-state index contributed by atoms with van der Waals surface area (Å²) >= 11 is 0. The van der Waals surface area contributed by atoms with Crippen molar-refractivity contribution < 1.29 is 9.53 Å². The molecule has 1 aliphatic rings. The summed E-state index contributed by atoms with van der Waals surface area (Å²) < 4.78 is 7.63. The van der Waals surface area contributed by atoms with Crippen LogP contribution in [0.15, 0.2) is 12.7 Å². The molecule has 0 bridgehead atoms. The summed E-state index contributed by atoms with van der Waals surface area (Å²) in [5.41, 5.74) is 1.28. The molecule has 19 heavy (non-hydrogen) atoms. The Hall–Kier alpha value is -2.02. The maximum atomic E-state index is 11.1. The summed E-state index contributed by atoms with van der Waals surface area (Å²) in [7, 11) is 0. The molecule has 0 aliphatic carbocycles. The average Bonchev–Trinajstić information content (AvgIpc) is 2.84. The molecule has 0 aromatic carbocycles. The second-order valence-corrected chi connectivity index (χ2v) is 4.55. The minimum Gasteiger partial charge on any atom is -0.358 e. The van der Waals surface area contributed by atoms with Gasteiger partial charge in [-0.1, -0.05) is 0 Å². The van der Waals surface area contributed by atoms with E-state index in [1.165, 1.54) is 13.3 Å². The van der Waals surface area contributed by atoms with Crippen molar-refractivity contribution in [2.75, 3.05) is 11.9 Å². The summed E-state index contributed by atoms with van der Waals surface area (Å²) in [6, 6.07) is 0. The highest BCUT2D eigenvalue weighted by Crippen LogP contribution is 2.27. The van der Waals surface area contributed by atoms with Crippen molar-refractivity contribution in [2.24, 2.45) is 0 Å². The smallest absolute Gasteiger partial charge is 0.222 e. The van der Waals surface area contributed by atoms with Crippen molar-refractivity contribution in [3.05, 3.63) is 12.7 Å². The number of imidazole rings is 1. The fraction of sp³-hybridized carbons (Fsp3) is 0.500. The van der Waals surface area contributed by atoms with E-state index in [-0.39, 0.29) is 12.1 Å². The summed E-state index contributed by atoms with van der Waals surface area (Å²) in [4.78, 5) is 23.7. The normalized spacial score (nSPS) is 19.5. The maximum absolute atomic E-state index is 11.1. The van der Waals surface area contributed by atoms with Crippen LogP contribution < -0.4 is 5.32 Å². The van der Waals surface area contributed by atoms with Crippen LogP contribution in [0, 0.1) is 0 Å². The molecule has 1 fully saturated rings. The van der Waals surface area contributed by atoms with Gasteiger partial charge in [-0.3, -0.25) is 9.36 Å². The van der Waals surface area contributed by atoms with Crippen LogP contribution in [0.25, 0.3) is 11.2 Å². The summed E-state index contributed by atoms with van der Waals surface area (Å²) in [5.74, 6) is 0.260. The van der Waals surface area contributed by atoms with Crippen LogP contribution in [0.5, 0.6) is 0 Å². The van der Waals surface area contributed by atoms with Crippen molar-refractivity contribution in [3.63, 3.8) is 0 Å². The van der Waals surface area contributed by atoms with Crippen LogP contribution in [0.3, 0.4) is 0 Å². The number of ether oxygens (including phenoxy) is 1. The second-order valence-electron chi connectivity index (χ2n) is 4.55. The van der Waals surface area contributed by atoms with Crippen LogP contribution >= 0.6 is 0 Å². The molecular weight excluding hydrogens is 246 g/mol. The first-order chi connectivity index (χ1) is 9.25. The van der Waals surface area contributed by atoms with Crippen LogP contribution in [0.4, 0.5) is 5.82 Å². The van der Waals surface area contributed by atoms with Crippen LogP contribution in [0.1, 0.15) is 32.4 Å². The van der Waals surface area contributed by atoms with Gasteiger partial charge in [0.2, 0.25) is 5.91 Å². The first kappa shape index (κ1) is 12.0. The standard InChI is InChI=1S/C12H15N5O2/c1-8(18)16-11-10-12(14-6-13-11)17(7-15-10)9-4-2-3-5-19-9/h6-7,9H,2-5H2,1H3,(H,13,14,16,18). The molecule has 1 saturated heterocycles. The first-order valence-electron chi connectivity index (χ1n) is 6.32. The number of nitrogens with zero attached hydrogens (tertiary/aromatic N) is 4. The zero-order chi connectivity index (χ0) is 13.2. The van der Waals surface area contributed by atoms with Crippen molar-refractivity contribution in [2.45, 2.75) is 32.4 Å². The van der Waals surface area contributed by atoms with Gasteiger partial charge in [0.25, 0.3) is 0 Å². The van der Waals surface area contributed by atoms with Gasteiger partial charge in [-0.25, -0.2) is 15.0 Å². The highest BCUT2D eigenvalue weighted by molar-refractivity contribution is 5.95. The fourth-order valence-corrected chi connectivity index (χ4v) is 2.26. The number of hydrogen-bond donors (Lipinski definition) is 1. The molecule has 7 heteroatoms. The van der Waals surface area contributed by atoms with Crippen molar-refractivity contribution in [1.82, 2.24) is 19.5 Å². The Labute approximate surface area is 110 Å². The van der Waals surface area contributed by atoms with Gasteiger partial charge < -0.3 is 10.1 Å². The number of carbonyl (C=O) groups is 1. The van der Waals surface area contributed by atoms with Gasteiger partial charge in [0.15, 0.2) is 17.0 Å². The van der Waals surface area contributed by atoms with Crippen LogP contribution in [-0.2, 0) is 9.53 Å². The zero-order valence-electron chi connectivity index (χ0n) is 10.7. The summed E-state index contributed by atoms with van der Waals surface area (Å²) in [6.07, 6.45) is 6.27. The van der Waals surface area contributed by atoms with E-state index in [4.69, 9.17) is 4.74 Å². The molecule has 7 nitrogen and oxygen atoms in total. The Morgan fingerprint density at radius 2 is 2.32 bits per heavy atom. The van der Waals surface area contributed by atoms with Gasteiger partial charge in [0.1, 0.15) is 12.6 Å². The molecule has 1 atom stereocenters. The van der Waals surface area contributed by atoms with Crippen LogP contribution in [0.2, 0.25) is 0 Å². The lowest BCUT2D eigenvalue weighted by Gasteiger charge is -2.23. The molecule has 1 aliphatic heterocycles. The molecule has 3 heterocycles. The highest BCUT2D eigenvalue weighted by atomic mass is 16.5. The summed E-state index contributed by atoms with van der Waals surface area (Å²) in [6.45, 7) is 2.20. The Kier molecular flexibility index (Phi) is 3.12. The molecule has 1 N–H and O–H groups in total. The number of rotatable bonds is 2. The van der Waals surface area contributed by atoms with E-state index in [1.807, 2.05) is 4.57 Å². The Morgan fingerprint density at radius 3 is 3.05 bits per heavy atom. The molecule has 1 amide bonds. The number of nitrogens with one attached hydrogen (secondary N) is 1. The van der Waals surface area contributed by atoms with Gasteiger partial charge in [-0.05, 0) is 19.3 Å². The zero-order valence-corrected chi connectivity index (χ0v) is 10.7. The van der Waals surface area contributed by atoms with Crippen LogP contribution in [-0.4, -0.2) is 32.0 Å². The molecular formula is C12H15N5O2. The third-order valence-corrected chi connectivity index (χ3v) is 3.12. The van der Waals surface area contributed by atoms with Gasteiger partial charge in [-0.15, -0.1) is 0 Å². The van der Waals surface area contributed by atoms with E-state index in [2.05, 4.69) is 20.3 Å². The summed E-state index contributed by atoms with van der Waals surface area (Å²) in [5, 5.41) is 2.66. The lowest BCUT2D eigenvalue weighted by Crippen LogP contribution is -2.17. The largest absolute Gasteiger partial charge is 0.358 e. The molecule has 0 spiro atoms. The first-order valence-corrected chi connectivity index (χ1v) is 6.32. The maximum Gasteiger partial charge on any atom is 0.222 e. The number of anilines is 1. The molecule has 0 saturated carbocycles. The number of fused-ring (bicyclic) bond motifs is 1. The monoisotopic (exact) mass is 261 g/mol. The van der Waals surface area contributed by atoms with E-state index >= 15 is 0 Å². The van der Waals surface area contributed by atoms with Crippen molar-refractivity contribution in [1.29, 1.82) is 0 Å². The van der Waals surface area contributed by atoms with E-state index in [1.54, 1.807) is 6.33 Å². The third kappa shape index (κ3) is 2.28. The van der Waals surface area contributed by atoms with Gasteiger partial charge in [0, 0.05) is 13.5 Å². The Balaban J connectivity index is 2.00. The fourth-order valence-electron chi connectivity index (χ4n) is 2.26. The molecule has 2 aromatic rings. The topological polar surface area (TPSA) is 81.9 Å². The molecule has 0 radical (unpaired) electrons. The number of amides is 1. The minimum absolute atomic E-state index is 0.0289. The average molecular weight is 261 g/mol. The lowest BCUT2D eigenvalue weighted by molar-refractivity contribution is -0.114. The Morgan fingerprint density at radius 1 is 1.42 bits per heavy atom. The van der Waals surface area contributed by atoms with E-state index in [0.29, 0.717) is 17.0 Å². The van der Waals surface area contributed by atoms with Gasteiger partial charge in [0.05, 0.1) is 6.33 Å². The van der Waals surface area contributed by atoms with E-state index in [0.717, 1.165) is 25.9 Å². The molecule has 100 valence electrons. The lowest BCUT2D eigenvalue weighted by atomic mass is 10.2. The number of carbonyl (C=O) groups excluding carboxylic acids is 1. The molecule has 2 aromatic heterocycles. The predicted molar refractivity (Wildman–Crippen MR) is 68.5 cm³/mol. The van der Waals surface area contributed by atoms with E-state index < -0.39 is 0 Å². The quantitative estimate of drug-likeness (QED) is 0.885. The van der Waals surface area contributed by atoms with E-state index in [9.17, 15) is 4.79 Å². The van der Waals surface area contributed by atoms with Crippen molar-refractivity contribution >= 4 is 22.9 Å². The Bertz CT molecular complexity index is 603. The second kappa shape index (κ2) is 4.93. The highest BCUT2D eigenvalue weighted by Gasteiger charge is 2.20. The minimum atomic E-state index is -0.177. The van der Waals surface area contributed by atoms with Gasteiger partial charge >= 0.3 is 0 Å². The van der Waals surface area contributed by atoms with Gasteiger partial charge in [-0.2, -0.15) is 0 Å². The number of hydrogen-bond acceptors (Lipinski definition) is 5. The SMILES string of the molecule is CC(=O)Nc1ncnc2c1ncn2C1CCCCO1. The predicted octanol–water partition coefficient (Wildman–Crippen LogP) is 1.48.